The predicted octanol–water partition coefficient (Wildman–Crippen LogP) is 3.45. The number of amides is 1. The number of methoxy groups -OCH3 is 1. The first-order chi connectivity index (χ1) is 14.8. The lowest BCUT2D eigenvalue weighted by molar-refractivity contribution is 0.0588. The molecule has 3 aromatic rings. The molecule has 0 fully saturated rings. The second-order valence-electron chi connectivity index (χ2n) is 7.18. The smallest absolute Gasteiger partial charge is 0.354 e. The highest BCUT2D eigenvalue weighted by Crippen LogP contribution is 2.23. The maximum atomic E-state index is 13.3. The van der Waals surface area contributed by atoms with Gasteiger partial charge in [0.15, 0.2) is 5.78 Å². The number of nitrogens with zero attached hydrogens (tertiary/aromatic N) is 3. The Hall–Kier alpha value is -3.26. The summed E-state index contributed by atoms with van der Waals surface area (Å²) in [5, 5.41) is 1.83. The number of carbonyl (C=O) groups excluding carboxylic acids is 3. The zero-order chi connectivity index (χ0) is 22.5. The fraction of sp³-hybridized carbons (Fsp3) is 0.304. The lowest BCUT2D eigenvalue weighted by Gasteiger charge is -2.21. The molecule has 0 aromatic carbocycles. The maximum absolute atomic E-state index is 13.3. The Morgan fingerprint density at radius 1 is 1.16 bits per heavy atom. The molecule has 3 heterocycles. The number of aromatic nitrogens is 2. The Morgan fingerprint density at radius 2 is 1.94 bits per heavy atom. The van der Waals surface area contributed by atoms with Crippen molar-refractivity contribution in [3.63, 3.8) is 0 Å². The standard InChI is InChI=1S/C23H25N3O4S/c1-15-20(16(2)25(3)21(15)23(29)30-4)18(27)14-26(22(28)19-9-7-13-31-19)12-10-17-8-5-6-11-24-17/h5-9,11,13H,10,12,14H2,1-4H3. The van der Waals surface area contributed by atoms with Crippen molar-refractivity contribution in [2.75, 3.05) is 20.2 Å². The van der Waals surface area contributed by atoms with Crippen LogP contribution in [0.4, 0.5) is 0 Å². The average molecular weight is 440 g/mol. The van der Waals surface area contributed by atoms with E-state index in [1.54, 1.807) is 42.6 Å². The van der Waals surface area contributed by atoms with Gasteiger partial charge in [0.25, 0.3) is 5.91 Å². The van der Waals surface area contributed by atoms with Crippen molar-refractivity contribution < 1.29 is 19.1 Å². The van der Waals surface area contributed by atoms with E-state index in [1.807, 2.05) is 29.6 Å². The zero-order valence-electron chi connectivity index (χ0n) is 18.0. The van der Waals surface area contributed by atoms with Crippen molar-refractivity contribution in [3.8, 4) is 0 Å². The van der Waals surface area contributed by atoms with Gasteiger partial charge in [-0.2, -0.15) is 0 Å². The molecule has 0 N–H and O–H groups in total. The fourth-order valence-corrected chi connectivity index (χ4v) is 4.32. The molecule has 0 spiro atoms. The topological polar surface area (TPSA) is 81.5 Å². The van der Waals surface area contributed by atoms with E-state index >= 15 is 0 Å². The molecule has 0 saturated carbocycles. The van der Waals surface area contributed by atoms with Gasteiger partial charge in [-0.3, -0.25) is 14.6 Å². The first-order valence-corrected chi connectivity index (χ1v) is 10.7. The molecular formula is C23H25N3O4S. The molecule has 3 rings (SSSR count). The predicted molar refractivity (Wildman–Crippen MR) is 119 cm³/mol. The second-order valence-corrected chi connectivity index (χ2v) is 8.13. The van der Waals surface area contributed by atoms with E-state index in [1.165, 1.54) is 18.4 Å². The lowest BCUT2D eigenvalue weighted by Crippen LogP contribution is -2.37. The number of esters is 1. The van der Waals surface area contributed by atoms with E-state index in [2.05, 4.69) is 4.98 Å². The molecule has 0 atom stereocenters. The number of rotatable bonds is 8. The molecule has 0 saturated heterocycles. The summed E-state index contributed by atoms with van der Waals surface area (Å²) in [6, 6.07) is 9.18. The van der Waals surface area contributed by atoms with Crippen molar-refractivity contribution in [2.45, 2.75) is 20.3 Å². The molecule has 0 bridgehead atoms. The zero-order valence-corrected chi connectivity index (χ0v) is 18.9. The Balaban J connectivity index is 1.88. The van der Waals surface area contributed by atoms with Gasteiger partial charge in [-0.1, -0.05) is 12.1 Å². The normalized spacial score (nSPS) is 10.7. The van der Waals surface area contributed by atoms with Crippen molar-refractivity contribution in [1.82, 2.24) is 14.5 Å². The number of pyridine rings is 1. The third-order valence-electron chi connectivity index (χ3n) is 5.31. The van der Waals surface area contributed by atoms with Gasteiger partial charge in [-0.05, 0) is 43.0 Å². The van der Waals surface area contributed by atoms with E-state index in [9.17, 15) is 14.4 Å². The summed E-state index contributed by atoms with van der Waals surface area (Å²) in [5.41, 5.74) is 2.86. The monoisotopic (exact) mass is 439 g/mol. The van der Waals surface area contributed by atoms with Crippen LogP contribution in [0, 0.1) is 13.8 Å². The van der Waals surface area contributed by atoms with Crippen LogP contribution in [0.25, 0.3) is 0 Å². The van der Waals surface area contributed by atoms with Crippen LogP contribution < -0.4 is 0 Å². The third kappa shape index (κ3) is 4.74. The van der Waals surface area contributed by atoms with Crippen molar-refractivity contribution in [2.24, 2.45) is 7.05 Å². The van der Waals surface area contributed by atoms with Crippen molar-refractivity contribution in [3.05, 3.63) is 75.0 Å². The second kappa shape index (κ2) is 9.70. The number of hydrogen-bond acceptors (Lipinski definition) is 6. The van der Waals surface area contributed by atoms with Gasteiger partial charge in [0.2, 0.25) is 0 Å². The lowest BCUT2D eigenvalue weighted by atomic mass is 10.0. The van der Waals surface area contributed by atoms with Crippen molar-refractivity contribution >= 4 is 29.0 Å². The summed E-state index contributed by atoms with van der Waals surface area (Å²) >= 11 is 1.34. The molecule has 1 amide bonds. The minimum absolute atomic E-state index is 0.0874. The molecule has 0 aliphatic rings. The molecule has 7 nitrogen and oxygen atoms in total. The summed E-state index contributed by atoms with van der Waals surface area (Å²) < 4.78 is 6.52. The highest BCUT2D eigenvalue weighted by molar-refractivity contribution is 7.12. The highest BCUT2D eigenvalue weighted by Gasteiger charge is 2.28. The Morgan fingerprint density at radius 3 is 2.55 bits per heavy atom. The van der Waals surface area contributed by atoms with Crippen molar-refractivity contribution in [1.29, 1.82) is 0 Å². The van der Waals surface area contributed by atoms with E-state index in [-0.39, 0.29) is 18.2 Å². The van der Waals surface area contributed by atoms with E-state index in [4.69, 9.17) is 4.74 Å². The Labute approximate surface area is 185 Å². The molecular weight excluding hydrogens is 414 g/mol. The summed E-state index contributed by atoms with van der Waals surface area (Å²) in [4.78, 5) is 45.0. The van der Waals surface area contributed by atoms with E-state index < -0.39 is 5.97 Å². The van der Waals surface area contributed by atoms with Crippen LogP contribution in [0.2, 0.25) is 0 Å². The number of Topliss-reactive ketones (excluding diaryl/α,β-unsaturated/α-hetero) is 1. The van der Waals surface area contributed by atoms with E-state index in [0.717, 1.165) is 5.69 Å². The molecule has 3 aromatic heterocycles. The van der Waals surface area contributed by atoms with Gasteiger partial charge in [-0.15, -0.1) is 11.3 Å². The van der Waals surface area contributed by atoms with E-state index in [0.29, 0.717) is 40.4 Å². The first-order valence-electron chi connectivity index (χ1n) is 9.85. The quantitative estimate of drug-likeness (QED) is 0.397. The van der Waals surface area contributed by atoms with Crippen LogP contribution in [0.3, 0.4) is 0 Å². The van der Waals surface area contributed by atoms with Gasteiger partial charge in [0.05, 0.1) is 18.5 Å². The Kier molecular flexibility index (Phi) is 7.02. The largest absolute Gasteiger partial charge is 0.464 e. The molecule has 0 aliphatic heterocycles. The number of hydrogen-bond donors (Lipinski definition) is 0. The minimum Gasteiger partial charge on any atom is -0.464 e. The average Bonchev–Trinajstić information content (AvgIpc) is 3.38. The van der Waals surface area contributed by atoms with Crippen LogP contribution in [0.5, 0.6) is 0 Å². The number of ether oxygens (including phenoxy) is 1. The van der Waals surface area contributed by atoms with Gasteiger partial charge in [-0.25, -0.2) is 4.79 Å². The molecule has 8 heteroatoms. The summed E-state index contributed by atoms with van der Waals surface area (Å²) in [5.74, 6) is -0.908. The van der Waals surface area contributed by atoms with Gasteiger partial charge in [0.1, 0.15) is 5.69 Å². The van der Waals surface area contributed by atoms with Crippen LogP contribution in [-0.4, -0.2) is 52.3 Å². The maximum Gasteiger partial charge on any atom is 0.354 e. The molecule has 162 valence electrons. The highest BCUT2D eigenvalue weighted by atomic mass is 32.1. The van der Waals surface area contributed by atoms with Crippen LogP contribution in [0.1, 0.15) is 47.5 Å². The SMILES string of the molecule is COC(=O)c1c(C)c(C(=O)CN(CCc2ccccn2)C(=O)c2cccs2)c(C)n1C. The molecule has 31 heavy (non-hydrogen) atoms. The fourth-order valence-electron chi connectivity index (χ4n) is 3.63. The Bertz CT molecular complexity index is 1090. The number of thiophene rings is 1. The summed E-state index contributed by atoms with van der Waals surface area (Å²) in [6.07, 6.45) is 2.24. The number of carbonyl (C=O) groups is 3. The van der Waals surface area contributed by atoms with Crippen LogP contribution in [0.15, 0.2) is 41.9 Å². The van der Waals surface area contributed by atoms with Gasteiger partial charge >= 0.3 is 5.97 Å². The van der Waals surface area contributed by atoms with Crippen LogP contribution in [-0.2, 0) is 18.2 Å². The molecule has 0 aliphatic carbocycles. The van der Waals surface area contributed by atoms with Gasteiger partial charge < -0.3 is 14.2 Å². The van der Waals surface area contributed by atoms with Crippen LogP contribution >= 0.6 is 11.3 Å². The first kappa shape index (κ1) is 22.4. The molecule has 0 unspecified atom stereocenters. The summed E-state index contributed by atoms with van der Waals surface area (Å²) in [6.45, 7) is 3.78. The third-order valence-corrected chi connectivity index (χ3v) is 6.16. The van der Waals surface area contributed by atoms with Gasteiger partial charge in [0, 0.05) is 43.2 Å². The molecule has 0 radical (unpaired) electrons. The number of ketones is 1. The summed E-state index contributed by atoms with van der Waals surface area (Å²) in [7, 11) is 3.03. The minimum atomic E-state index is -0.496.